The van der Waals surface area contributed by atoms with Gasteiger partial charge in [-0.15, -0.1) is 0 Å². The van der Waals surface area contributed by atoms with Crippen molar-refractivity contribution in [1.29, 1.82) is 0 Å². The van der Waals surface area contributed by atoms with Gasteiger partial charge in [0.15, 0.2) is 5.75 Å². The average molecular weight is 333 g/mol. The molecule has 0 radical (unpaired) electrons. The second-order valence-electron chi connectivity index (χ2n) is 6.69. The molecule has 0 bridgehead atoms. The molecule has 0 saturated carbocycles. The summed E-state index contributed by atoms with van der Waals surface area (Å²) in [5, 5.41) is 0. The maximum absolute atomic E-state index is 12.6. The lowest BCUT2D eigenvalue weighted by molar-refractivity contribution is -0.144. The molecule has 1 atom stereocenters. The van der Waals surface area contributed by atoms with Gasteiger partial charge >= 0.3 is 0 Å². The van der Waals surface area contributed by atoms with Crippen LogP contribution in [0.4, 0.5) is 0 Å². The Bertz CT molecular complexity index is 714. The highest BCUT2D eigenvalue weighted by Crippen LogP contribution is 2.39. The molecule has 2 amide bonds. The summed E-state index contributed by atoms with van der Waals surface area (Å²) in [5.41, 5.74) is -0.752. The SMILES string of the molecule is COc1cccn(CC(=O)N2CCC3(CCCN(C)C3=O)C2)c1=O. The van der Waals surface area contributed by atoms with Crippen molar-refractivity contribution in [3.63, 3.8) is 0 Å². The van der Waals surface area contributed by atoms with Crippen molar-refractivity contribution in [3.05, 3.63) is 28.7 Å². The Morgan fingerprint density at radius 1 is 1.29 bits per heavy atom. The molecule has 7 nitrogen and oxygen atoms in total. The van der Waals surface area contributed by atoms with Crippen molar-refractivity contribution < 1.29 is 14.3 Å². The third kappa shape index (κ3) is 2.79. The molecule has 0 N–H and O–H groups in total. The van der Waals surface area contributed by atoms with E-state index in [0.29, 0.717) is 19.5 Å². The Kier molecular flexibility index (Phi) is 4.34. The lowest BCUT2D eigenvalue weighted by atomic mass is 9.78. The summed E-state index contributed by atoms with van der Waals surface area (Å²) in [5.74, 6) is 0.220. The number of pyridine rings is 1. The van der Waals surface area contributed by atoms with Gasteiger partial charge in [-0.25, -0.2) is 0 Å². The van der Waals surface area contributed by atoms with E-state index in [1.807, 2.05) is 7.05 Å². The van der Waals surface area contributed by atoms with Crippen LogP contribution in [-0.4, -0.2) is 60.0 Å². The van der Waals surface area contributed by atoms with Gasteiger partial charge in [0.2, 0.25) is 11.8 Å². The molecule has 1 spiro atoms. The van der Waals surface area contributed by atoms with Crippen molar-refractivity contribution in [1.82, 2.24) is 14.4 Å². The molecular weight excluding hydrogens is 310 g/mol. The van der Waals surface area contributed by atoms with Gasteiger partial charge in [-0.1, -0.05) is 0 Å². The zero-order chi connectivity index (χ0) is 17.3. The van der Waals surface area contributed by atoms with E-state index in [4.69, 9.17) is 4.74 Å². The Labute approximate surface area is 140 Å². The molecule has 2 fully saturated rings. The summed E-state index contributed by atoms with van der Waals surface area (Å²) in [7, 11) is 3.25. The zero-order valence-electron chi connectivity index (χ0n) is 14.2. The standard InChI is InChI=1S/C17H23N3O4/c1-18-8-4-6-17(16(18)23)7-10-20(12-17)14(21)11-19-9-3-5-13(24-2)15(19)22/h3,5,9H,4,6-8,10-12H2,1-2H3. The van der Waals surface area contributed by atoms with Gasteiger partial charge in [0.25, 0.3) is 5.56 Å². The minimum absolute atomic E-state index is 0.0316. The minimum atomic E-state index is -0.429. The molecule has 0 aliphatic carbocycles. The quantitative estimate of drug-likeness (QED) is 0.799. The Hall–Kier alpha value is -2.31. The van der Waals surface area contributed by atoms with Crippen LogP contribution >= 0.6 is 0 Å². The number of carbonyl (C=O) groups is 2. The van der Waals surface area contributed by atoms with E-state index in [1.54, 1.807) is 28.1 Å². The first-order chi connectivity index (χ1) is 11.5. The molecule has 130 valence electrons. The molecule has 3 heterocycles. The first kappa shape index (κ1) is 16.5. The normalized spacial score (nSPS) is 23.8. The summed E-state index contributed by atoms with van der Waals surface area (Å²) >= 11 is 0. The summed E-state index contributed by atoms with van der Waals surface area (Å²) < 4.78 is 6.35. The molecule has 2 aliphatic rings. The topological polar surface area (TPSA) is 71.8 Å². The number of piperidine rings is 1. The molecule has 2 aliphatic heterocycles. The summed E-state index contributed by atoms with van der Waals surface area (Å²) in [4.78, 5) is 40.7. The highest BCUT2D eigenvalue weighted by Gasteiger charge is 2.48. The highest BCUT2D eigenvalue weighted by atomic mass is 16.5. The Morgan fingerprint density at radius 3 is 2.83 bits per heavy atom. The van der Waals surface area contributed by atoms with Crippen LogP contribution in [0.2, 0.25) is 0 Å². The first-order valence-corrected chi connectivity index (χ1v) is 8.24. The number of hydrogen-bond donors (Lipinski definition) is 0. The number of amides is 2. The van der Waals surface area contributed by atoms with Crippen LogP contribution in [-0.2, 0) is 16.1 Å². The summed E-state index contributed by atoms with van der Waals surface area (Å²) in [6, 6.07) is 3.25. The van der Waals surface area contributed by atoms with Gasteiger partial charge in [-0.3, -0.25) is 14.4 Å². The maximum Gasteiger partial charge on any atom is 0.293 e. The third-order valence-electron chi connectivity index (χ3n) is 5.17. The number of ether oxygens (including phenoxy) is 1. The lowest BCUT2D eigenvalue weighted by Gasteiger charge is -2.37. The van der Waals surface area contributed by atoms with Crippen molar-refractivity contribution in [2.45, 2.75) is 25.8 Å². The molecule has 24 heavy (non-hydrogen) atoms. The number of methoxy groups -OCH3 is 1. The molecule has 1 unspecified atom stereocenters. The van der Waals surface area contributed by atoms with Crippen LogP contribution in [0.15, 0.2) is 23.1 Å². The fourth-order valence-electron chi connectivity index (χ4n) is 3.77. The van der Waals surface area contributed by atoms with Crippen LogP contribution in [0.1, 0.15) is 19.3 Å². The maximum atomic E-state index is 12.6. The first-order valence-electron chi connectivity index (χ1n) is 8.24. The number of nitrogens with zero attached hydrogens (tertiary/aromatic N) is 3. The smallest absolute Gasteiger partial charge is 0.293 e. The van der Waals surface area contributed by atoms with Gasteiger partial charge in [-0.2, -0.15) is 0 Å². The van der Waals surface area contributed by atoms with E-state index in [9.17, 15) is 14.4 Å². The average Bonchev–Trinajstić information content (AvgIpc) is 3.00. The highest BCUT2D eigenvalue weighted by molar-refractivity contribution is 5.85. The second-order valence-corrected chi connectivity index (χ2v) is 6.69. The number of carbonyl (C=O) groups excluding carboxylic acids is 2. The van der Waals surface area contributed by atoms with Gasteiger partial charge in [0.1, 0.15) is 6.54 Å². The Morgan fingerprint density at radius 2 is 2.08 bits per heavy atom. The van der Waals surface area contributed by atoms with E-state index < -0.39 is 5.41 Å². The van der Waals surface area contributed by atoms with Gasteiger partial charge in [0, 0.05) is 32.9 Å². The van der Waals surface area contributed by atoms with Crippen LogP contribution in [0.25, 0.3) is 0 Å². The van der Waals surface area contributed by atoms with Crippen molar-refractivity contribution in [3.8, 4) is 5.75 Å². The molecule has 1 aromatic heterocycles. The number of rotatable bonds is 3. The lowest BCUT2D eigenvalue weighted by Crippen LogP contribution is -2.49. The monoisotopic (exact) mass is 333 g/mol. The predicted molar refractivity (Wildman–Crippen MR) is 87.8 cm³/mol. The minimum Gasteiger partial charge on any atom is -0.491 e. The summed E-state index contributed by atoms with van der Waals surface area (Å²) in [6.45, 7) is 1.77. The number of likely N-dealkylation sites (tertiary alicyclic amines) is 2. The summed E-state index contributed by atoms with van der Waals surface area (Å²) in [6.07, 6.45) is 4.09. The van der Waals surface area contributed by atoms with Gasteiger partial charge in [0.05, 0.1) is 12.5 Å². The van der Waals surface area contributed by atoms with Crippen molar-refractivity contribution >= 4 is 11.8 Å². The van der Waals surface area contributed by atoms with E-state index in [2.05, 4.69) is 0 Å². The van der Waals surface area contributed by atoms with Crippen LogP contribution in [0, 0.1) is 5.41 Å². The van der Waals surface area contributed by atoms with Crippen molar-refractivity contribution in [2.75, 3.05) is 33.8 Å². The third-order valence-corrected chi connectivity index (χ3v) is 5.17. The molecule has 0 aromatic carbocycles. The largest absolute Gasteiger partial charge is 0.491 e. The van der Waals surface area contributed by atoms with Crippen LogP contribution in [0.5, 0.6) is 5.75 Å². The van der Waals surface area contributed by atoms with Gasteiger partial charge in [-0.05, 0) is 31.4 Å². The van der Waals surface area contributed by atoms with E-state index in [0.717, 1.165) is 19.4 Å². The fraction of sp³-hybridized carbons (Fsp3) is 0.588. The van der Waals surface area contributed by atoms with Crippen LogP contribution in [0.3, 0.4) is 0 Å². The van der Waals surface area contributed by atoms with E-state index >= 15 is 0 Å². The van der Waals surface area contributed by atoms with Crippen LogP contribution < -0.4 is 10.3 Å². The molecule has 2 saturated heterocycles. The van der Waals surface area contributed by atoms with Crippen molar-refractivity contribution in [2.24, 2.45) is 5.41 Å². The second kappa shape index (κ2) is 6.30. The fourth-order valence-corrected chi connectivity index (χ4v) is 3.77. The van der Waals surface area contributed by atoms with E-state index in [-0.39, 0.29) is 29.7 Å². The number of aromatic nitrogens is 1. The predicted octanol–water partition coefficient (Wildman–Crippen LogP) is 0.328. The zero-order valence-corrected chi connectivity index (χ0v) is 14.2. The molecule has 7 heteroatoms. The molecule has 3 rings (SSSR count). The molecule has 1 aromatic rings. The Balaban J connectivity index is 1.71. The number of hydrogen-bond acceptors (Lipinski definition) is 4. The van der Waals surface area contributed by atoms with Gasteiger partial charge < -0.3 is 19.1 Å². The molecular formula is C17H23N3O4. The van der Waals surface area contributed by atoms with E-state index in [1.165, 1.54) is 11.7 Å².